The summed E-state index contributed by atoms with van der Waals surface area (Å²) in [4.78, 5) is 4.17. The summed E-state index contributed by atoms with van der Waals surface area (Å²) in [6.45, 7) is 1.85. The molecule has 3 N–H and O–H groups in total. The normalized spacial score (nSPS) is 11.3. The zero-order valence-corrected chi connectivity index (χ0v) is 11.1. The minimum Gasteiger partial charge on any atom is -0.301 e. The third-order valence-corrected chi connectivity index (χ3v) is 2.83. The maximum Gasteiger partial charge on any atom is 0.173 e. The van der Waals surface area contributed by atoms with E-state index in [0.717, 1.165) is 22.4 Å². The van der Waals surface area contributed by atoms with E-state index in [9.17, 15) is 0 Å². The van der Waals surface area contributed by atoms with Crippen molar-refractivity contribution in [2.24, 2.45) is 12.0 Å². The molecule has 0 aliphatic rings. The Morgan fingerprint density at radius 3 is 3.10 bits per heavy atom. The van der Waals surface area contributed by atoms with Crippen molar-refractivity contribution in [3.05, 3.63) is 24.4 Å². The third kappa shape index (κ3) is 2.18. The Morgan fingerprint density at radius 1 is 1.35 bits per heavy atom. The fraction of sp³-hybridized carbons (Fsp3) is 0.167. The lowest BCUT2D eigenvalue weighted by Crippen LogP contribution is -2.08. The molecule has 0 bridgehead atoms. The maximum atomic E-state index is 4.17. The molecule has 1 aromatic carbocycles. The second-order valence-corrected chi connectivity index (χ2v) is 4.19. The molecule has 8 heteroatoms. The number of hydrogen-bond acceptors (Lipinski definition) is 6. The van der Waals surface area contributed by atoms with E-state index in [2.05, 4.69) is 36.4 Å². The summed E-state index contributed by atoms with van der Waals surface area (Å²) in [5.41, 5.74) is 9.65. The van der Waals surface area contributed by atoms with Crippen molar-refractivity contribution in [3.63, 3.8) is 0 Å². The number of fused-ring (bicyclic) bond motifs is 1. The lowest BCUT2D eigenvalue weighted by atomic mass is 10.3. The van der Waals surface area contributed by atoms with Gasteiger partial charge in [-0.05, 0) is 25.1 Å². The Labute approximate surface area is 114 Å². The first kappa shape index (κ1) is 12.2. The minimum atomic E-state index is 0.670. The molecule has 0 atom stereocenters. The van der Waals surface area contributed by atoms with Crippen LogP contribution in [0.4, 0.5) is 17.2 Å². The van der Waals surface area contributed by atoms with Crippen LogP contribution in [0, 0.1) is 0 Å². The van der Waals surface area contributed by atoms with Gasteiger partial charge in [-0.1, -0.05) is 5.21 Å². The second-order valence-electron chi connectivity index (χ2n) is 4.19. The van der Waals surface area contributed by atoms with Crippen molar-refractivity contribution in [1.82, 2.24) is 25.2 Å². The molecule has 20 heavy (non-hydrogen) atoms. The van der Waals surface area contributed by atoms with Crippen LogP contribution >= 0.6 is 0 Å². The van der Waals surface area contributed by atoms with Crippen molar-refractivity contribution in [2.45, 2.75) is 6.92 Å². The van der Waals surface area contributed by atoms with E-state index >= 15 is 0 Å². The number of nitrogens with one attached hydrogen (secondary N) is 3. The van der Waals surface area contributed by atoms with E-state index in [4.69, 9.17) is 0 Å². The van der Waals surface area contributed by atoms with E-state index in [1.54, 1.807) is 17.1 Å². The summed E-state index contributed by atoms with van der Waals surface area (Å²) in [6.07, 6.45) is 3.37. The monoisotopic (exact) mass is 270 g/mol. The number of aliphatic imine (C=N–C) groups is 1. The average molecular weight is 270 g/mol. The molecule has 3 aromatic rings. The van der Waals surface area contributed by atoms with E-state index in [1.165, 1.54) is 0 Å². The topological polar surface area (TPSA) is 95.8 Å². The number of aromatic amines is 1. The van der Waals surface area contributed by atoms with E-state index in [-0.39, 0.29) is 0 Å². The van der Waals surface area contributed by atoms with E-state index in [1.807, 2.05) is 32.2 Å². The summed E-state index contributed by atoms with van der Waals surface area (Å²) in [7, 11) is 1.86. The van der Waals surface area contributed by atoms with Crippen molar-refractivity contribution in [3.8, 4) is 0 Å². The fourth-order valence-electron chi connectivity index (χ4n) is 1.85. The Bertz CT molecular complexity index is 754. The fourth-order valence-corrected chi connectivity index (χ4v) is 1.85. The van der Waals surface area contributed by atoms with Crippen molar-refractivity contribution >= 4 is 34.4 Å². The van der Waals surface area contributed by atoms with Crippen LogP contribution in [0.25, 0.3) is 11.0 Å². The number of hydrogen-bond donors (Lipinski definition) is 3. The number of aryl methyl sites for hydroxylation is 1. The van der Waals surface area contributed by atoms with Crippen LogP contribution in [0.3, 0.4) is 0 Å². The summed E-state index contributed by atoms with van der Waals surface area (Å²) >= 11 is 0. The molecule has 0 aliphatic heterocycles. The van der Waals surface area contributed by atoms with Gasteiger partial charge in [-0.2, -0.15) is 5.10 Å². The number of rotatable bonds is 4. The van der Waals surface area contributed by atoms with Crippen molar-refractivity contribution in [1.29, 1.82) is 0 Å². The molecule has 0 spiro atoms. The highest BCUT2D eigenvalue weighted by Gasteiger charge is 2.04. The highest BCUT2D eigenvalue weighted by molar-refractivity contribution is 5.79. The van der Waals surface area contributed by atoms with Gasteiger partial charge in [0.1, 0.15) is 11.2 Å². The molecule has 3 rings (SSSR count). The van der Waals surface area contributed by atoms with Crippen molar-refractivity contribution < 1.29 is 0 Å². The molecule has 2 heterocycles. The highest BCUT2D eigenvalue weighted by atomic mass is 15.4. The van der Waals surface area contributed by atoms with Gasteiger partial charge < -0.3 is 5.43 Å². The van der Waals surface area contributed by atoms with Gasteiger partial charge in [0.05, 0.1) is 17.4 Å². The molecule has 2 aromatic heterocycles. The van der Waals surface area contributed by atoms with Gasteiger partial charge in [0.2, 0.25) is 0 Å². The van der Waals surface area contributed by atoms with Crippen molar-refractivity contribution in [2.75, 3.05) is 10.9 Å². The largest absolute Gasteiger partial charge is 0.301 e. The molecule has 0 saturated heterocycles. The molecule has 8 nitrogen and oxygen atoms in total. The lowest BCUT2D eigenvalue weighted by molar-refractivity contribution is 0.736. The first-order valence-corrected chi connectivity index (χ1v) is 6.11. The van der Waals surface area contributed by atoms with Crippen LogP contribution in [0.2, 0.25) is 0 Å². The van der Waals surface area contributed by atoms with Crippen LogP contribution < -0.4 is 10.9 Å². The SMILES string of the molecule is CC=Nc1[nH]ncc1NNc1ccc2nnn(C)c2c1. The van der Waals surface area contributed by atoms with Gasteiger partial charge in [0.15, 0.2) is 5.82 Å². The molecular formula is C12H14N8. The number of aromatic nitrogens is 5. The standard InChI is InChI=1S/C12H14N8/c1-3-13-12-10(7-14-18-12)16-15-8-4-5-9-11(6-8)20(2)19-17-9/h3-7,15-16H,1-2H3,(H,14,18). The zero-order chi connectivity index (χ0) is 13.9. The van der Waals surface area contributed by atoms with Gasteiger partial charge >= 0.3 is 0 Å². The molecule has 102 valence electrons. The molecule has 0 radical (unpaired) electrons. The molecule has 0 fully saturated rings. The molecule has 0 unspecified atom stereocenters. The number of H-pyrrole nitrogens is 1. The van der Waals surface area contributed by atoms with Gasteiger partial charge in [0, 0.05) is 13.3 Å². The smallest absolute Gasteiger partial charge is 0.173 e. The Balaban J connectivity index is 1.79. The van der Waals surface area contributed by atoms with Gasteiger partial charge in [-0.15, -0.1) is 5.10 Å². The van der Waals surface area contributed by atoms with Gasteiger partial charge in [-0.25, -0.2) is 9.67 Å². The summed E-state index contributed by atoms with van der Waals surface area (Å²) in [5, 5.41) is 14.8. The lowest BCUT2D eigenvalue weighted by Gasteiger charge is -2.08. The first-order chi connectivity index (χ1) is 9.78. The van der Waals surface area contributed by atoms with E-state index < -0.39 is 0 Å². The number of hydrazine groups is 1. The summed E-state index contributed by atoms with van der Waals surface area (Å²) in [5.74, 6) is 0.670. The second kappa shape index (κ2) is 5.00. The molecular weight excluding hydrogens is 256 g/mol. The maximum absolute atomic E-state index is 4.17. The Kier molecular flexibility index (Phi) is 3.04. The predicted molar refractivity (Wildman–Crippen MR) is 78.2 cm³/mol. The number of anilines is 2. The Hall–Kier alpha value is -2.90. The molecule has 0 aliphatic carbocycles. The summed E-state index contributed by atoms with van der Waals surface area (Å²) < 4.78 is 1.73. The van der Waals surface area contributed by atoms with Crippen LogP contribution in [0.1, 0.15) is 6.92 Å². The first-order valence-electron chi connectivity index (χ1n) is 6.11. The quantitative estimate of drug-likeness (QED) is 0.496. The number of benzene rings is 1. The Morgan fingerprint density at radius 2 is 2.25 bits per heavy atom. The van der Waals surface area contributed by atoms with Crippen LogP contribution in [-0.4, -0.2) is 31.4 Å². The van der Waals surface area contributed by atoms with Crippen LogP contribution in [0.15, 0.2) is 29.4 Å². The summed E-state index contributed by atoms with van der Waals surface area (Å²) in [6, 6.07) is 5.80. The number of nitrogens with zero attached hydrogens (tertiary/aromatic N) is 5. The minimum absolute atomic E-state index is 0.670. The highest BCUT2D eigenvalue weighted by Crippen LogP contribution is 2.21. The average Bonchev–Trinajstić information content (AvgIpc) is 3.05. The third-order valence-electron chi connectivity index (χ3n) is 2.83. The molecule has 0 saturated carbocycles. The van der Waals surface area contributed by atoms with Gasteiger partial charge in [0.25, 0.3) is 0 Å². The van der Waals surface area contributed by atoms with Crippen LogP contribution in [-0.2, 0) is 7.05 Å². The van der Waals surface area contributed by atoms with Crippen LogP contribution in [0.5, 0.6) is 0 Å². The predicted octanol–water partition coefficient (Wildman–Crippen LogP) is 1.85. The van der Waals surface area contributed by atoms with E-state index in [0.29, 0.717) is 5.82 Å². The van der Waals surface area contributed by atoms with Gasteiger partial charge in [-0.3, -0.25) is 10.5 Å². The molecule has 0 amide bonds. The zero-order valence-electron chi connectivity index (χ0n) is 11.1.